The molecule has 0 unspecified atom stereocenters. The van der Waals surface area contributed by atoms with Gasteiger partial charge in [0.1, 0.15) is 17.3 Å². The van der Waals surface area contributed by atoms with Crippen molar-refractivity contribution in [1.82, 2.24) is 4.98 Å². The van der Waals surface area contributed by atoms with Crippen LogP contribution in [0, 0.1) is 18.3 Å². The van der Waals surface area contributed by atoms with Gasteiger partial charge in [-0.3, -0.25) is 0 Å². The highest BCUT2D eigenvalue weighted by molar-refractivity contribution is 5.86. The minimum atomic E-state index is 0.615. The van der Waals surface area contributed by atoms with Crippen LogP contribution in [0.4, 0.5) is 5.82 Å². The summed E-state index contributed by atoms with van der Waals surface area (Å²) in [5, 5.41) is 10.2. The third-order valence-corrected chi connectivity index (χ3v) is 3.40. The number of furan rings is 1. The van der Waals surface area contributed by atoms with Crippen molar-refractivity contribution >= 4 is 16.7 Å². The van der Waals surface area contributed by atoms with Gasteiger partial charge in [-0.15, -0.1) is 0 Å². The fourth-order valence-electron chi connectivity index (χ4n) is 2.33. The molecule has 0 aliphatic rings. The number of fused-ring (bicyclic) bond motifs is 1. The van der Waals surface area contributed by atoms with Crippen molar-refractivity contribution in [2.75, 3.05) is 11.9 Å². The number of nitriles is 1. The maximum Gasteiger partial charge on any atom is 0.130 e. The van der Waals surface area contributed by atoms with E-state index in [1.807, 2.05) is 61.3 Å². The van der Waals surface area contributed by atoms with Gasteiger partial charge in [0, 0.05) is 12.4 Å². The molecule has 0 atom stereocenters. The minimum absolute atomic E-state index is 0.615. The van der Waals surface area contributed by atoms with E-state index in [9.17, 15) is 5.26 Å². The molecule has 2 aromatic heterocycles. The molecule has 1 aromatic carbocycles. The van der Waals surface area contributed by atoms with E-state index in [1.54, 1.807) is 0 Å². The van der Waals surface area contributed by atoms with Gasteiger partial charge >= 0.3 is 0 Å². The molecule has 21 heavy (non-hydrogen) atoms. The van der Waals surface area contributed by atoms with E-state index in [0.29, 0.717) is 12.1 Å². The van der Waals surface area contributed by atoms with Crippen LogP contribution >= 0.6 is 0 Å². The van der Waals surface area contributed by atoms with Gasteiger partial charge < -0.3 is 9.32 Å². The van der Waals surface area contributed by atoms with Crippen LogP contribution < -0.4 is 4.90 Å². The standard InChI is InChI=1S/C17H15N3O/c1-12-7-8-14(21-12)11-20(2)17-9-13(10-18)15-5-3-4-6-16(15)19-17/h3-9H,11H2,1-2H3. The highest BCUT2D eigenvalue weighted by atomic mass is 16.3. The van der Waals surface area contributed by atoms with Crippen molar-refractivity contribution in [3.8, 4) is 6.07 Å². The topological polar surface area (TPSA) is 53.1 Å². The lowest BCUT2D eigenvalue weighted by Crippen LogP contribution is -2.17. The lowest BCUT2D eigenvalue weighted by atomic mass is 10.1. The molecule has 0 aliphatic carbocycles. The van der Waals surface area contributed by atoms with Crippen LogP contribution in [-0.2, 0) is 6.54 Å². The quantitative estimate of drug-likeness (QED) is 0.733. The normalized spacial score (nSPS) is 10.5. The Morgan fingerprint density at radius 2 is 2.05 bits per heavy atom. The number of aromatic nitrogens is 1. The van der Waals surface area contributed by atoms with E-state index in [4.69, 9.17) is 4.42 Å². The molecular formula is C17H15N3O. The molecule has 4 nitrogen and oxygen atoms in total. The third-order valence-electron chi connectivity index (χ3n) is 3.40. The molecule has 0 saturated heterocycles. The highest BCUT2D eigenvalue weighted by Crippen LogP contribution is 2.23. The number of hydrogen-bond acceptors (Lipinski definition) is 4. The minimum Gasteiger partial charge on any atom is -0.464 e. The summed E-state index contributed by atoms with van der Waals surface area (Å²) in [5.41, 5.74) is 1.46. The van der Waals surface area contributed by atoms with Crippen LogP contribution in [0.2, 0.25) is 0 Å². The summed E-state index contributed by atoms with van der Waals surface area (Å²) in [7, 11) is 1.94. The van der Waals surface area contributed by atoms with Crippen LogP contribution in [-0.4, -0.2) is 12.0 Å². The van der Waals surface area contributed by atoms with Gasteiger partial charge in [0.05, 0.1) is 23.7 Å². The molecule has 3 rings (SSSR count). The van der Waals surface area contributed by atoms with Crippen molar-refractivity contribution in [3.63, 3.8) is 0 Å². The first kappa shape index (κ1) is 13.2. The predicted octanol–water partition coefficient (Wildman–Crippen LogP) is 3.64. The zero-order valence-corrected chi connectivity index (χ0v) is 12.0. The van der Waals surface area contributed by atoms with E-state index >= 15 is 0 Å². The van der Waals surface area contributed by atoms with Crippen molar-refractivity contribution < 1.29 is 4.42 Å². The molecule has 0 saturated carbocycles. The molecule has 0 bridgehead atoms. The molecule has 3 aromatic rings. The van der Waals surface area contributed by atoms with Crippen molar-refractivity contribution in [2.24, 2.45) is 0 Å². The summed E-state index contributed by atoms with van der Waals surface area (Å²) in [5.74, 6) is 2.53. The van der Waals surface area contributed by atoms with Crippen molar-refractivity contribution in [3.05, 3.63) is 59.5 Å². The van der Waals surface area contributed by atoms with Gasteiger partial charge in [-0.2, -0.15) is 5.26 Å². The zero-order valence-electron chi connectivity index (χ0n) is 12.0. The molecule has 4 heteroatoms. The molecule has 0 N–H and O–H groups in total. The van der Waals surface area contributed by atoms with Gasteiger partial charge in [-0.05, 0) is 31.2 Å². The first-order chi connectivity index (χ1) is 10.2. The van der Waals surface area contributed by atoms with Crippen LogP contribution in [0.1, 0.15) is 17.1 Å². The highest BCUT2D eigenvalue weighted by Gasteiger charge is 2.10. The number of aryl methyl sites for hydroxylation is 1. The Morgan fingerprint density at radius 1 is 1.24 bits per heavy atom. The number of benzene rings is 1. The molecule has 0 spiro atoms. The van der Waals surface area contributed by atoms with Crippen LogP contribution in [0.25, 0.3) is 10.9 Å². The van der Waals surface area contributed by atoms with Gasteiger partial charge in [0.15, 0.2) is 0 Å². The third kappa shape index (κ3) is 2.59. The first-order valence-electron chi connectivity index (χ1n) is 6.74. The molecule has 0 amide bonds. The summed E-state index contributed by atoms with van der Waals surface area (Å²) in [6.07, 6.45) is 0. The second kappa shape index (κ2) is 5.29. The number of pyridine rings is 1. The predicted molar refractivity (Wildman–Crippen MR) is 82.0 cm³/mol. The number of anilines is 1. The summed E-state index contributed by atoms with van der Waals surface area (Å²) >= 11 is 0. The molecular weight excluding hydrogens is 262 g/mol. The first-order valence-corrected chi connectivity index (χ1v) is 6.74. The van der Waals surface area contributed by atoms with Gasteiger partial charge in [0.25, 0.3) is 0 Å². The summed E-state index contributed by atoms with van der Waals surface area (Å²) in [6.45, 7) is 2.54. The Labute approximate surface area is 123 Å². The fraction of sp³-hybridized carbons (Fsp3) is 0.176. The average molecular weight is 277 g/mol. The van der Waals surface area contributed by atoms with Crippen LogP contribution in [0.15, 0.2) is 46.9 Å². The van der Waals surface area contributed by atoms with Gasteiger partial charge in [-0.25, -0.2) is 4.98 Å². The smallest absolute Gasteiger partial charge is 0.130 e. The number of nitrogens with zero attached hydrogens (tertiary/aromatic N) is 3. The van der Waals surface area contributed by atoms with Gasteiger partial charge in [0.2, 0.25) is 0 Å². The second-order valence-electron chi connectivity index (χ2n) is 5.03. The lowest BCUT2D eigenvalue weighted by molar-refractivity contribution is 0.481. The summed E-state index contributed by atoms with van der Waals surface area (Å²) in [6, 6.07) is 15.6. The molecule has 0 aliphatic heterocycles. The van der Waals surface area contributed by atoms with Crippen molar-refractivity contribution in [2.45, 2.75) is 13.5 Å². The average Bonchev–Trinajstić information content (AvgIpc) is 2.91. The van der Waals surface area contributed by atoms with Crippen molar-refractivity contribution in [1.29, 1.82) is 5.26 Å². The molecule has 104 valence electrons. The van der Waals surface area contributed by atoms with E-state index in [1.165, 1.54) is 0 Å². The Hall–Kier alpha value is -2.80. The van der Waals surface area contributed by atoms with E-state index in [0.717, 1.165) is 28.2 Å². The largest absolute Gasteiger partial charge is 0.464 e. The molecule has 0 fully saturated rings. The van der Waals surface area contributed by atoms with E-state index < -0.39 is 0 Å². The monoisotopic (exact) mass is 277 g/mol. The summed E-state index contributed by atoms with van der Waals surface area (Å²) < 4.78 is 5.59. The van der Waals surface area contributed by atoms with Crippen LogP contribution in [0.5, 0.6) is 0 Å². The Morgan fingerprint density at radius 3 is 2.76 bits per heavy atom. The lowest BCUT2D eigenvalue weighted by Gasteiger charge is -2.17. The number of rotatable bonds is 3. The fourth-order valence-corrected chi connectivity index (χ4v) is 2.33. The number of para-hydroxylation sites is 1. The Kier molecular flexibility index (Phi) is 3.33. The second-order valence-corrected chi connectivity index (χ2v) is 5.03. The maximum atomic E-state index is 9.32. The molecule has 0 radical (unpaired) electrons. The van der Waals surface area contributed by atoms with Gasteiger partial charge in [-0.1, -0.05) is 18.2 Å². The molecule has 2 heterocycles. The summed E-state index contributed by atoms with van der Waals surface area (Å²) in [4.78, 5) is 6.60. The zero-order chi connectivity index (χ0) is 14.8. The van der Waals surface area contributed by atoms with E-state index in [-0.39, 0.29) is 0 Å². The van der Waals surface area contributed by atoms with Crippen LogP contribution in [0.3, 0.4) is 0 Å². The Bertz CT molecular complexity index is 829. The Balaban J connectivity index is 1.98. The van der Waals surface area contributed by atoms with E-state index in [2.05, 4.69) is 11.1 Å². The maximum absolute atomic E-state index is 9.32. The number of hydrogen-bond donors (Lipinski definition) is 0. The SMILES string of the molecule is Cc1ccc(CN(C)c2cc(C#N)c3ccccc3n2)o1.